The maximum Gasteiger partial charge on any atom is 0.306 e. The molecule has 1 aromatic rings. The summed E-state index contributed by atoms with van der Waals surface area (Å²) < 4.78 is 5.13. The molecule has 0 N–H and O–H groups in total. The molecule has 0 bridgehead atoms. The molecule has 0 fully saturated rings. The Hall–Kier alpha value is -1.09. The van der Waals surface area contributed by atoms with E-state index in [4.69, 9.17) is 4.74 Å². The third-order valence-corrected chi connectivity index (χ3v) is 7.74. The molecule has 0 aromatic heterocycles. The van der Waals surface area contributed by atoms with Gasteiger partial charge in [-0.25, -0.2) is 0 Å². The van der Waals surface area contributed by atoms with E-state index in [1.54, 1.807) is 0 Å². The molecule has 0 aliphatic rings. The summed E-state index contributed by atoms with van der Waals surface area (Å²) in [5, 5.41) is 1.31. The highest BCUT2D eigenvalue weighted by molar-refractivity contribution is 6.93. The maximum absolute atomic E-state index is 11.8. The topological polar surface area (TPSA) is 26.3 Å². The molecule has 0 saturated heterocycles. The summed E-state index contributed by atoms with van der Waals surface area (Å²) in [6, 6.07) is 8.53. The summed E-state index contributed by atoms with van der Waals surface area (Å²) in [5.41, 5.74) is 1.24. The average molecular weight is 250 g/mol. The van der Waals surface area contributed by atoms with Gasteiger partial charge in [-0.15, -0.1) is 0 Å². The van der Waals surface area contributed by atoms with Gasteiger partial charge in [0.2, 0.25) is 0 Å². The van der Waals surface area contributed by atoms with Gasteiger partial charge in [0.05, 0.1) is 20.2 Å². The van der Waals surface area contributed by atoms with E-state index in [1.807, 2.05) is 13.8 Å². The van der Waals surface area contributed by atoms with E-state index in [0.717, 1.165) is 0 Å². The Bertz CT molecular complexity index is 382. The zero-order valence-corrected chi connectivity index (χ0v) is 12.4. The lowest BCUT2D eigenvalue weighted by atomic mass is 10.2. The third-order valence-electron chi connectivity index (χ3n) is 3.52. The van der Waals surface area contributed by atoms with Crippen molar-refractivity contribution >= 4 is 19.2 Å². The van der Waals surface area contributed by atoms with Crippen molar-refractivity contribution in [1.29, 1.82) is 0 Å². The largest absolute Gasteiger partial charge is 0.466 e. The van der Waals surface area contributed by atoms with Crippen molar-refractivity contribution < 1.29 is 9.53 Å². The summed E-state index contributed by atoms with van der Waals surface area (Å²) in [6.45, 7) is 10.8. The molecule has 3 heteroatoms. The van der Waals surface area contributed by atoms with Crippen LogP contribution in [0.4, 0.5) is 0 Å². The number of hydrogen-bond donors (Lipinski definition) is 0. The van der Waals surface area contributed by atoms with Crippen molar-refractivity contribution in [3.8, 4) is 0 Å². The molecule has 0 heterocycles. The fourth-order valence-electron chi connectivity index (χ4n) is 1.80. The van der Waals surface area contributed by atoms with Crippen LogP contribution >= 0.6 is 0 Å². The second-order valence-electron chi connectivity index (χ2n) is 5.06. The summed E-state index contributed by atoms with van der Waals surface area (Å²) >= 11 is 0. The Kier molecular flexibility index (Phi) is 4.51. The second-order valence-corrected chi connectivity index (χ2v) is 9.95. The number of carbonyl (C=O) groups is 1. The van der Waals surface area contributed by atoms with Gasteiger partial charge in [-0.3, -0.25) is 4.79 Å². The summed E-state index contributed by atoms with van der Waals surface area (Å²) in [6.07, 6.45) is 0. The number of hydrogen-bond acceptors (Lipinski definition) is 2. The first-order valence-corrected chi connectivity index (χ1v) is 9.21. The Labute approximate surface area is 105 Å². The standard InChI is InChI=1S/C14H22O2Si/c1-6-16-14(15)12(3)17(4,5)13-9-7-11(2)8-10-13/h7-10,12H,6H2,1-5H3/t12-/m0/s1. The van der Waals surface area contributed by atoms with E-state index in [-0.39, 0.29) is 11.5 Å². The zero-order valence-electron chi connectivity index (χ0n) is 11.4. The molecule has 0 aliphatic heterocycles. The lowest BCUT2D eigenvalue weighted by Gasteiger charge is -2.28. The molecule has 1 atom stereocenters. The third kappa shape index (κ3) is 3.19. The van der Waals surface area contributed by atoms with Crippen LogP contribution < -0.4 is 5.19 Å². The molecule has 0 saturated carbocycles. The van der Waals surface area contributed by atoms with Gasteiger partial charge >= 0.3 is 5.97 Å². The fraction of sp³-hybridized carbons (Fsp3) is 0.500. The van der Waals surface area contributed by atoms with Gasteiger partial charge in [-0.2, -0.15) is 0 Å². The molecular formula is C14H22O2Si. The van der Waals surface area contributed by atoms with Crippen molar-refractivity contribution in [1.82, 2.24) is 0 Å². The first kappa shape index (κ1) is 14.0. The van der Waals surface area contributed by atoms with Crippen molar-refractivity contribution in [2.24, 2.45) is 0 Å². The van der Waals surface area contributed by atoms with Crippen LogP contribution in [0.1, 0.15) is 19.4 Å². The maximum atomic E-state index is 11.8. The molecule has 17 heavy (non-hydrogen) atoms. The molecule has 94 valence electrons. The zero-order chi connectivity index (χ0) is 13.1. The van der Waals surface area contributed by atoms with Gasteiger partial charge in [-0.05, 0) is 13.8 Å². The van der Waals surface area contributed by atoms with Gasteiger partial charge in [0, 0.05) is 0 Å². The molecule has 2 nitrogen and oxygen atoms in total. The molecule has 1 rings (SSSR count). The van der Waals surface area contributed by atoms with E-state index in [9.17, 15) is 4.79 Å². The number of aryl methyl sites for hydroxylation is 1. The molecule has 0 aliphatic carbocycles. The summed E-state index contributed by atoms with van der Waals surface area (Å²) in [4.78, 5) is 11.8. The fourth-order valence-corrected chi connectivity index (χ4v) is 3.99. The minimum absolute atomic E-state index is 0.00911. The van der Waals surface area contributed by atoms with Crippen LogP contribution in [0.3, 0.4) is 0 Å². The molecule has 0 unspecified atom stereocenters. The molecular weight excluding hydrogens is 228 g/mol. The van der Waals surface area contributed by atoms with Crippen LogP contribution in [0.5, 0.6) is 0 Å². The Morgan fingerprint density at radius 1 is 1.29 bits per heavy atom. The molecule has 0 radical (unpaired) electrons. The van der Waals surface area contributed by atoms with Crippen LogP contribution in [0.2, 0.25) is 18.6 Å². The van der Waals surface area contributed by atoms with Gasteiger partial charge in [0.1, 0.15) is 0 Å². The Morgan fingerprint density at radius 2 is 1.82 bits per heavy atom. The van der Waals surface area contributed by atoms with E-state index < -0.39 is 8.07 Å². The first-order valence-electron chi connectivity index (χ1n) is 6.13. The van der Waals surface area contributed by atoms with Gasteiger partial charge in [0.25, 0.3) is 0 Å². The second kappa shape index (κ2) is 5.49. The Balaban J connectivity index is 2.93. The number of carbonyl (C=O) groups excluding carboxylic acids is 1. The van der Waals surface area contributed by atoms with Crippen LogP contribution in [0.25, 0.3) is 0 Å². The monoisotopic (exact) mass is 250 g/mol. The number of benzene rings is 1. The van der Waals surface area contributed by atoms with E-state index in [0.29, 0.717) is 6.61 Å². The summed E-state index contributed by atoms with van der Waals surface area (Å²) in [7, 11) is -1.78. The van der Waals surface area contributed by atoms with Crippen LogP contribution in [-0.2, 0) is 9.53 Å². The molecule has 0 amide bonds. The van der Waals surface area contributed by atoms with Gasteiger partial charge in [-0.1, -0.05) is 55.0 Å². The highest BCUT2D eigenvalue weighted by Gasteiger charge is 2.36. The van der Waals surface area contributed by atoms with Crippen molar-refractivity contribution in [3.05, 3.63) is 29.8 Å². The predicted octanol–water partition coefficient (Wildman–Crippen LogP) is 2.86. The minimum Gasteiger partial charge on any atom is -0.466 e. The highest BCUT2D eigenvalue weighted by atomic mass is 28.3. The van der Waals surface area contributed by atoms with Crippen LogP contribution in [-0.4, -0.2) is 20.7 Å². The van der Waals surface area contributed by atoms with E-state index >= 15 is 0 Å². The van der Waals surface area contributed by atoms with Crippen molar-refractivity contribution in [2.45, 2.75) is 39.4 Å². The van der Waals surface area contributed by atoms with Gasteiger partial charge < -0.3 is 4.74 Å². The normalized spacial score (nSPS) is 13.2. The SMILES string of the molecule is CCOC(=O)[C@H](C)[Si](C)(C)c1ccc(C)cc1. The lowest BCUT2D eigenvalue weighted by Crippen LogP contribution is -2.48. The van der Waals surface area contributed by atoms with Crippen molar-refractivity contribution in [3.63, 3.8) is 0 Å². The molecule has 0 spiro atoms. The van der Waals surface area contributed by atoms with E-state index in [1.165, 1.54) is 10.8 Å². The number of esters is 1. The number of ether oxygens (including phenoxy) is 1. The lowest BCUT2D eigenvalue weighted by molar-refractivity contribution is -0.142. The first-order chi connectivity index (χ1) is 7.89. The average Bonchev–Trinajstić information content (AvgIpc) is 2.29. The predicted molar refractivity (Wildman–Crippen MR) is 74.4 cm³/mol. The van der Waals surface area contributed by atoms with E-state index in [2.05, 4.69) is 44.3 Å². The summed E-state index contributed by atoms with van der Waals surface area (Å²) in [5.74, 6) is -0.0651. The quantitative estimate of drug-likeness (QED) is 0.607. The van der Waals surface area contributed by atoms with Crippen LogP contribution in [0, 0.1) is 6.92 Å². The van der Waals surface area contributed by atoms with Crippen molar-refractivity contribution in [2.75, 3.05) is 6.61 Å². The minimum atomic E-state index is -1.78. The van der Waals surface area contributed by atoms with Gasteiger partial charge in [0.15, 0.2) is 0 Å². The van der Waals surface area contributed by atoms with Crippen LogP contribution in [0.15, 0.2) is 24.3 Å². The Morgan fingerprint density at radius 3 is 2.29 bits per heavy atom. The smallest absolute Gasteiger partial charge is 0.306 e. The highest BCUT2D eigenvalue weighted by Crippen LogP contribution is 2.22. The molecule has 1 aromatic carbocycles. The number of rotatable bonds is 4.